The van der Waals surface area contributed by atoms with Gasteiger partial charge in [-0.3, -0.25) is 0 Å². The van der Waals surface area contributed by atoms with E-state index in [2.05, 4.69) is 34.5 Å². The highest BCUT2D eigenvalue weighted by atomic mass is 16.5. The van der Waals surface area contributed by atoms with Gasteiger partial charge in [0, 0.05) is 24.4 Å². The van der Waals surface area contributed by atoms with Gasteiger partial charge in [0.05, 0.1) is 0 Å². The molecule has 1 aromatic carbocycles. The molecule has 0 unspecified atom stereocenters. The molecule has 0 saturated heterocycles. The zero-order valence-corrected chi connectivity index (χ0v) is 11.0. The molecular weight excluding hydrogens is 242 g/mol. The Kier molecular flexibility index (Phi) is 3.46. The summed E-state index contributed by atoms with van der Waals surface area (Å²) in [5.41, 5.74) is 3.48. The van der Waals surface area contributed by atoms with Gasteiger partial charge in [-0.2, -0.15) is 4.98 Å². The van der Waals surface area contributed by atoms with Crippen molar-refractivity contribution < 1.29 is 9.26 Å². The number of nitrogens with one attached hydrogen (secondary N) is 1. The van der Waals surface area contributed by atoms with Gasteiger partial charge in [-0.25, -0.2) is 0 Å². The average Bonchev–Trinajstić information content (AvgIpc) is 3.06. The SMILES string of the molecule is CCCOCc1noc(-c2ccc3c(c2)CCN3)n1. The van der Waals surface area contributed by atoms with Crippen LogP contribution in [0.1, 0.15) is 24.7 Å². The van der Waals surface area contributed by atoms with E-state index in [1.807, 2.05) is 6.07 Å². The van der Waals surface area contributed by atoms with Gasteiger partial charge in [-0.1, -0.05) is 12.1 Å². The molecule has 1 aromatic heterocycles. The number of ether oxygens (including phenoxy) is 1. The van der Waals surface area contributed by atoms with Crippen LogP contribution in [0, 0.1) is 0 Å². The Morgan fingerprint density at radius 1 is 1.42 bits per heavy atom. The van der Waals surface area contributed by atoms with Crippen molar-refractivity contribution in [3.8, 4) is 11.5 Å². The topological polar surface area (TPSA) is 60.2 Å². The Balaban J connectivity index is 1.75. The first-order chi connectivity index (χ1) is 9.36. The number of nitrogens with zero attached hydrogens (tertiary/aromatic N) is 2. The summed E-state index contributed by atoms with van der Waals surface area (Å²) in [6.45, 7) is 4.19. The number of hydrogen-bond acceptors (Lipinski definition) is 5. The highest BCUT2D eigenvalue weighted by Gasteiger charge is 2.14. The van der Waals surface area contributed by atoms with Crippen LogP contribution in [-0.4, -0.2) is 23.3 Å². The molecule has 0 bridgehead atoms. The van der Waals surface area contributed by atoms with Crippen molar-refractivity contribution in [2.45, 2.75) is 26.4 Å². The smallest absolute Gasteiger partial charge is 0.258 e. The fraction of sp³-hybridized carbons (Fsp3) is 0.429. The lowest BCUT2D eigenvalue weighted by atomic mass is 10.1. The van der Waals surface area contributed by atoms with E-state index in [4.69, 9.17) is 9.26 Å². The summed E-state index contributed by atoms with van der Waals surface area (Å²) in [6, 6.07) is 6.18. The Morgan fingerprint density at radius 2 is 2.37 bits per heavy atom. The second kappa shape index (κ2) is 5.40. The summed E-state index contributed by atoms with van der Waals surface area (Å²) < 4.78 is 10.7. The molecule has 0 saturated carbocycles. The lowest BCUT2D eigenvalue weighted by Crippen LogP contribution is -1.95. The zero-order valence-electron chi connectivity index (χ0n) is 11.0. The summed E-state index contributed by atoms with van der Waals surface area (Å²) in [7, 11) is 0. The number of fused-ring (bicyclic) bond motifs is 1. The van der Waals surface area contributed by atoms with Crippen LogP contribution in [0.5, 0.6) is 0 Å². The number of aromatic nitrogens is 2. The van der Waals surface area contributed by atoms with Gasteiger partial charge in [-0.05, 0) is 36.6 Å². The number of anilines is 1. The molecule has 100 valence electrons. The summed E-state index contributed by atoms with van der Waals surface area (Å²) in [5, 5.41) is 7.26. The molecule has 5 nitrogen and oxygen atoms in total. The maximum atomic E-state index is 5.40. The van der Waals surface area contributed by atoms with Crippen LogP contribution >= 0.6 is 0 Å². The molecule has 0 radical (unpaired) electrons. The number of rotatable bonds is 5. The monoisotopic (exact) mass is 259 g/mol. The first-order valence-electron chi connectivity index (χ1n) is 6.64. The molecule has 2 aromatic rings. The second-order valence-corrected chi connectivity index (χ2v) is 4.62. The molecule has 2 heterocycles. The standard InChI is InChI=1S/C14H17N3O2/c1-2-7-18-9-13-16-14(19-17-13)11-3-4-12-10(8-11)5-6-15-12/h3-4,8,15H,2,5-7,9H2,1H3. The van der Waals surface area contributed by atoms with E-state index in [1.165, 1.54) is 11.3 Å². The first kappa shape index (κ1) is 12.2. The zero-order chi connectivity index (χ0) is 13.1. The first-order valence-corrected chi connectivity index (χ1v) is 6.64. The highest BCUT2D eigenvalue weighted by Crippen LogP contribution is 2.27. The molecule has 19 heavy (non-hydrogen) atoms. The minimum Gasteiger partial charge on any atom is -0.384 e. The van der Waals surface area contributed by atoms with Gasteiger partial charge in [0.15, 0.2) is 5.82 Å². The predicted molar refractivity (Wildman–Crippen MR) is 71.9 cm³/mol. The van der Waals surface area contributed by atoms with E-state index < -0.39 is 0 Å². The Hall–Kier alpha value is -1.88. The van der Waals surface area contributed by atoms with Gasteiger partial charge in [-0.15, -0.1) is 0 Å². The highest BCUT2D eigenvalue weighted by molar-refractivity contribution is 5.64. The van der Waals surface area contributed by atoms with Crippen LogP contribution in [0.25, 0.3) is 11.5 Å². The predicted octanol–water partition coefficient (Wildman–Crippen LogP) is 2.63. The van der Waals surface area contributed by atoms with Crippen molar-refractivity contribution in [3.63, 3.8) is 0 Å². The maximum absolute atomic E-state index is 5.40. The van der Waals surface area contributed by atoms with Crippen molar-refractivity contribution in [2.75, 3.05) is 18.5 Å². The molecule has 0 amide bonds. The molecule has 0 spiro atoms. The van der Waals surface area contributed by atoms with Crippen molar-refractivity contribution in [1.82, 2.24) is 10.1 Å². The van der Waals surface area contributed by atoms with E-state index in [9.17, 15) is 0 Å². The third kappa shape index (κ3) is 2.61. The van der Waals surface area contributed by atoms with Crippen LogP contribution < -0.4 is 5.32 Å². The summed E-state index contributed by atoms with van der Waals surface area (Å²) >= 11 is 0. The minimum atomic E-state index is 0.407. The lowest BCUT2D eigenvalue weighted by molar-refractivity contribution is 0.114. The molecule has 1 aliphatic rings. The van der Waals surface area contributed by atoms with Crippen molar-refractivity contribution in [3.05, 3.63) is 29.6 Å². The molecule has 1 N–H and O–H groups in total. The van der Waals surface area contributed by atoms with E-state index in [0.29, 0.717) is 24.9 Å². The van der Waals surface area contributed by atoms with E-state index >= 15 is 0 Å². The van der Waals surface area contributed by atoms with Crippen molar-refractivity contribution in [2.24, 2.45) is 0 Å². The van der Waals surface area contributed by atoms with Crippen LogP contribution in [-0.2, 0) is 17.8 Å². The second-order valence-electron chi connectivity index (χ2n) is 4.62. The average molecular weight is 259 g/mol. The van der Waals surface area contributed by atoms with E-state index in [0.717, 1.165) is 24.9 Å². The third-order valence-electron chi connectivity index (χ3n) is 3.11. The largest absolute Gasteiger partial charge is 0.384 e. The van der Waals surface area contributed by atoms with Crippen molar-refractivity contribution in [1.29, 1.82) is 0 Å². The molecular formula is C14H17N3O2. The summed E-state index contributed by atoms with van der Waals surface area (Å²) in [5.74, 6) is 1.16. The van der Waals surface area contributed by atoms with Crippen molar-refractivity contribution >= 4 is 5.69 Å². The molecule has 0 atom stereocenters. The van der Waals surface area contributed by atoms with Crippen LogP contribution in [0.2, 0.25) is 0 Å². The Bertz CT molecular complexity index is 566. The molecule has 0 fully saturated rings. The molecule has 3 rings (SSSR count). The molecule has 1 aliphatic heterocycles. The number of benzene rings is 1. The Labute approximate surface area is 112 Å². The van der Waals surface area contributed by atoms with Gasteiger partial charge in [0.2, 0.25) is 0 Å². The number of hydrogen-bond donors (Lipinski definition) is 1. The normalized spacial score (nSPS) is 13.3. The summed E-state index contributed by atoms with van der Waals surface area (Å²) in [6.07, 6.45) is 2.03. The van der Waals surface area contributed by atoms with Crippen LogP contribution in [0.4, 0.5) is 5.69 Å². The minimum absolute atomic E-state index is 0.407. The van der Waals surface area contributed by atoms with Crippen LogP contribution in [0.3, 0.4) is 0 Å². The summed E-state index contributed by atoms with van der Waals surface area (Å²) in [4.78, 5) is 4.35. The molecule has 0 aliphatic carbocycles. The van der Waals surface area contributed by atoms with E-state index in [1.54, 1.807) is 0 Å². The fourth-order valence-corrected chi connectivity index (χ4v) is 2.18. The van der Waals surface area contributed by atoms with E-state index in [-0.39, 0.29) is 0 Å². The van der Waals surface area contributed by atoms with Gasteiger partial charge in [0.1, 0.15) is 6.61 Å². The van der Waals surface area contributed by atoms with Crippen LogP contribution in [0.15, 0.2) is 22.7 Å². The van der Waals surface area contributed by atoms with Gasteiger partial charge >= 0.3 is 0 Å². The quantitative estimate of drug-likeness (QED) is 0.836. The maximum Gasteiger partial charge on any atom is 0.258 e. The lowest BCUT2D eigenvalue weighted by Gasteiger charge is -2.00. The third-order valence-corrected chi connectivity index (χ3v) is 3.11. The molecule has 5 heteroatoms. The van der Waals surface area contributed by atoms with Gasteiger partial charge in [0.25, 0.3) is 5.89 Å². The Morgan fingerprint density at radius 3 is 3.26 bits per heavy atom. The van der Waals surface area contributed by atoms with Gasteiger partial charge < -0.3 is 14.6 Å². The fourth-order valence-electron chi connectivity index (χ4n) is 2.18.